The van der Waals surface area contributed by atoms with Crippen LogP contribution in [-0.4, -0.2) is 28.7 Å². The van der Waals surface area contributed by atoms with Crippen LogP contribution >= 0.6 is 31.9 Å². The van der Waals surface area contributed by atoms with Gasteiger partial charge in [0.05, 0.1) is 4.47 Å². The van der Waals surface area contributed by atoms with Crippen LogP contribution in [0.3, 0.4) is 0 Å². The molecule has 1 amide bonds. The summed E-state index contributed by atoms with van der Waals surface area (Å²) in [5.41, 5.74) is 1.44. The van der Waals surface area contributed by atoms with Gasteiger partial charge in [-0.2, -0.15) is 0 Å². The number of carbonyl (C=O) groups is 2. The number of Topliss-reactive ketones (excluding diaryl/α,β-unsaturated/α-hetero) is 1. The number of aliphatic hydroxyl groups excluding tert-OH is 1. The van der Waals surface area contributed by atoms with Crippen molar-refractivity contribution in [3.63, 3.8) is 0 Å². The molecule has 27 heavy (non-hydrogen) atoms. The van der Waals surface area contributed by atoms with Gasteiger partial charge in [-0.15, -0.1) is 0 Å². The lowest BCUT2D eigenvalue weighted by Crippen LogP contribution is -2.18. The minimum absolute atomic E-state index is 0.0280. The van der Waals surface area contributed by atoms with Crippen LogP contribution < -0.4 is 5.32 Å². The summed E-state index contributed by atoms with van der Waals surface area (Å²) in [5, 5.41) is 22.0. The Morgan fingerprint density at radius 2 is 1.85 bits per heavy atom. The van der Waals surface area contributed by atoms with Crippen molar-refractivity contribution in [3.05, 3.63) is 56.5 Å². The molecule has 0 bridgehead atoms. The molecule has 0 unspecified atom stereocenters. The number of nitrogens with one attached hydrogen (secondary N) is 1. The zero-order valence-corrected chi connectivity index (χ0v) is 17.7. The number of hydrogen-bond donors (Lipinski definition) is 3. The van der Waals surface area contributed by atoms with E-state index in [0.717, 1.165) is 0 Å². The number of rotatable bonds is 7. The van der Waals surface area contributed by atoms with E-state index in [4.69, 9.17) is 9.84 Å². The fourth-order valence-electron chi connectivity index (χ4n) is 2.45. The van der Waals surface area contributed by atoms with Crippen LogP contribution in [0.25, 0.3) is 0 Å². The standard InChI is InChI=1S/C19H19Br2NO5/c1-11(24)12-4-6-14(7-5-12)22-19(26)27-17(3-2-8-23)15-9-13(20)10-16(21)18(15)25/h4-7,9-10,17,23,25H,2-3,8H2,1H3,(H,22,26)/t17-/m0/s1. The molecule has 3 N–H and O–H groups in total. The van der Waals surface area contributed by atoms with E-state index in [-0.39, 0.29) is 18.1 Å². The number of benzene rings is 2. The number of amides is 1. The Morgan fingerprint density at radius 1 is 1.19 bits per heavy atom. The van der Waals surface area contributed by atoms with Crippen LogP contribution in [0.1, 0.15) is 41.8 Å². The van der Waals surface area contributed by atoms with Gasteiger partial charge in [-0.1, -0.05) is 15.9 Å². The topological polar surface area (TPSA) is 95.9 Å². The molecule has 0 heterocycles. The Kier molecular flexibility index (Phi) is 7.82. The summed E-state index contributed by atoms with van der Waals surface area (Å²) in [7, 11) is 0. The van der Waals surface area contributed by atoms with Crippen molar-refractivity contribution in [1.82, 2.24) is 0 Å². The Bertz CT molecular complexity index is 824. The average molecular weight is 501 g/mol. The highest BCUT2D eigenvalue weighted by molar-refractivity contribution is 9.11. The molecular formula is C19H19Br2NO5. The van der Waals surface area contributed by atoms with Gasteiger partial charge in [0.15, 0.2) is 5.78 Å². The number of phenolic OH excluding ortho intramolecular Hbond substituents is 1. The summed E-state index contributed by atoms with van der Waals surface area (Å²) in [6.45, 7) is 1.40. The first-order chi connectivity index (χ1) is 12.8. The number of hydrogen-bond acceptors (Lipinski definition) is 5. The number of carbonyl (C=O) groups excluding carboxylic acids is 2. The largest absolute Gasteiger partial charge is 0.506 e. The minimum Gasteiger partial charge on any atom is -0.506 e. The number of aromatic hydroxyl groups is 1. The van der Waals surface area contributed by atoms with Crippen LogP contribution in [0.5, 0.6) is 5.75 Å². The third kappa shape index (κ3) is 6.05. The molecule has 2 rings (SSSR count). The van der Waals surface area contributed by atoms with Crippen LogP contribution in [-0.2, 0) is 4.74 Å². The number of ether oxygens (including phenoxy) is 1. The van der Waals surface area contributed by atoms with Crippen molar-refractivity contribution >= 4 is 49.4 Å². The van der Waals surface area contributed by atoms with Crippen molar-refractivity contribution in [3.8, 4) is 5.75 Å². The first-order valence-electron chi connectivity index (χ1n) is 8.19. The van der Waals surface area contributed by atoms with Gasteiger partial charge in [0.25, 0.3) is 0 Å². The molecule has 1 atom stereocenters. The molecular weight excluding hydrogens is 482 g/mol. The number of phenols is 1. The molecule has 144 valence electrons. The second kappa shape index (κ2) is 9.87. The summed E-state index contributed by atoms with van der Waals surface area (Å²) >= 11 is 6.61. The van der Waals surface area contributed by atoms with Crippen molar-refractivity contribution in [2.45, 2.75) is 25.9 Å². The van der Waals surface area contributed by atoms with E-state index in [1.165, 1.54) is 6.92 Å². The zero-order chi connectivity index (χ0) is 20.0. The molecule has 2 aromatic carbocycles. The molecule has 0 spiro atoms. The molecule has 8 heteroatoms. The van der Waals surface area contributed by atoms with E-state index >= 15 is 0 Å². The second-order valence-corrected chi connectivity index (χ2v) is 7.61. The lowest BCUT2D eigenvalue weighted by Gasteiger charge is -2.20. The monoisotopic (exact) mass is 499 g/mol. The predicted octanol–water partition coefficient (Wildman–Crippen LogP) is 5.18. The summed E-state index contributed by atoms with van der Waals surface area (Å²) in [5.74, 6) is -0.0938. The number of halogens is 2. The highest BCUT2D eigenvalue weighted by Gasteiger charge is 2.22. The smallest absolute Gasteiger partial charge is 0.412 e. The van der Waals surface area contributed by atoms with E-state index in [9.17, 15) is 14.7 Å². The fraction of sp³-hybridized carbons (Fsp3) is 0.263. The van der Waals surface area contributed by atoms with Gasteiger partial charge >= 0.3 is 6.09 Å². The maximum Gasteiger partial charge on any atom is 0.412 e. The zero-order valence-electron chi connectivity index (χ0n) is 14.5. The van der Waals surface area contributed by atoms with Gasteiger partial charge in [-0.3, -0.25) is 10.1 Å². The lowest BCUT2D eigenvalue weighted by molar-refractivity contribution is 0.0978. The van der Waals surface area contributed by atoms with E-state index in [1.807, 2.05) is 0 Å². The van der Waals surface area contributed by atoms with Crippen LogP contribution in [0, 0.1) is 0 Å². The molecule has 0 aliphatic rings. The maximum atomic E-state index is 12.3. The van der Waals surface area contributed by atoms with Crippen LogP contribution in [0.4, 0.5) is 10.5 Å². The van der Waals surface area contributed by atoms with Gasteiger partial charge in [0, 0.05) is 27.9 Å². The second-order valence-electron chi connectivity index (χ2n) is 5.84. The summed E-state index contributed by atoms with van der Waals surface area (Å²) in [6.07, 6.45) is -0.718. The van der Waals surface area contributed by atoms with Gasteiger partial charge in [-0.25, -0.2) is 4.79 Å². The molecule has 0 aliphatic heterocycles. The van der Waals surface area contributed by atoms with E-state index in [1.54, 1.807) is 36.4 Å². The van der Waals surface area contributed by atoms with Crippen LogP contribution in [0.2, 0.25) is 0 Å². The van der Waals surface area contributed by atoms with Crippen molar-refractivity contribution in [2.24, 2.45) is 0 Å². The van der Waals surface area contributed by atoms with E-state index in [0.29, 0.717) is 38.6 Å². The third-order valence-corrected chi connectivity index (χ3v) is 4.88. The molecule has 0 saturated carbocycles. The minimum atomic E-state index is -0.748. The molecule has 6 nitrogen and oxygen atoms in total. The van der Waals surface area contributed by atoms with Crippen molar-refractivity contribution < 1.29 is 24.5 Å². The quantitative estimate of drug-likeness (QED) is 0.455. The Labute approximate surface area is 173 Å². The Balaban J connectivity index is 2.15. The Morgan fingerprint density at radius 3 is 2.44 bits per heavy atom. The number of ketones is 1. The highest BCUT2D eigenvalue weighted by atomic mass is 79.9. The third-order valence-electron chi connectivity index (χ3n) is 3.82. The molecule has 0 saturated heterocycles. The lowest BCUT2D eigenvalue weighted by atomic mass is 10.0. The molecule has 0 aliphatic carbocycles. The van der Waals surface area contributed by atoms with Crippen LogP contribution in [0.15, 0.2) is 45.3 Å². The molecule has 0 radical (unpaired) electrons. The molecule has 0 fully saturated rings. The van der Waals surface area contributed by atoms with Crippen molar-refractivity contribution in [2.75, 3.05) is 11.9 Å². The molecule has 2 aromatic rings. The SMILES string of the molecule is CC(=O)c1ccc(NC(=O)O[C@@H](CCCO)c2cc(Br)cc(Br)c2O)cc1. The van der Waals surface area contributed by atoms with E-state index < -0.39 is 12.2 Å². The normalized spacial score (nSPS) is 11.7. The van der Waals surface area contributed by atoms with Gasteiger partial charge in [0.2, 0.25) is 0 Å². The van der Waals surface area contributed by atoms with Crippen molar-refractivity contribution in [1.29, 1.82) is 0 Å². The predicted molar refractivity (Wildman–Crippen MR) is 109 cm³/mol. The van der Waals surface area contributed by atoms with Gasteiger partial charge < -0.3 is 14.9 Å². The highest BCUT2D eigenvalue weighted by Crippen LogP contribution is 2.38. The summed E-state index contributed by atoms with van der Waals surface area (Å²) in [4.78, 5) is 23.6. The first kappa shape index (κ1) is 21.4. The Hall–Kier alpha value is -1.90. The fourth-order valence-corrected chi connectivity index (χ4v) is 3.71. The number of anilines is 1. The summed E-state index contributed by atoms with van der Waals surface area (Å²) in [6, 6.07) is 9.77. The summed E-state index contributed by atoms with van der Waals surface area (Å²) < 4.78 is 6.65. The van der Waals surface area contributed by atoms with Gasteiger partial charge in [0.1, 0.15) is 11.9 Å². The molecule has 0 aromatic heterocycles. The number of aliphatic hydroxyl groups is 1. The van der Waals surface area contributed by atoms with E-state index in [2.05, 4.69) is 37.2 Å². The first-order valence-corrected chi connectivity index (χ1v) is 9.77. The average Bonchev–Trinajstić information content (AvgIpc) is 2.62. The maximum absolute atomic E-state index is 12.3. The van der Waals surface area contributed by atoms with Gasteiger partial charge in [-0.05, 0) is 72.1 Å².